The van der Waals surface area contributed by atoms with Gasteiger partial charge >= 0.3 is 0 Å². The van der Waals surface area contributed by atoms with Crippen LogP contribution in [0.4, 0.5) is 0 Å². The van der Waals surface area contributed by atoms with Crippen molar-refractivity contribution in [3.8, 4) is 5.75 Å². The molecular formula is C16H23N3O2. The van der Waals surface area contributed by atoms with Crippen LogP contribution in [0.5, 0.6) is 5.75 Å². The van der Waals surface area contributed by atoms with E-state index in [1.54, 1.807) is 0 Å². The van der Waals surface area contributed by atoms with E-state index in [0.29, 0.717) is 12.3 Å². The summed E-state index contributed by atoms with van der Waals surface area (Å²) < 4.78 is 5.64. The van der Waals surface area contributed by atoms with E-state index in [1.807, 2.05) is 29.2 Å². The van der Waals surface area contributed by atoms with Crippen LogP contribution in [0.1, 0.15) is 18.4 Å². The zero-order chi connectivity index (χ0) is 14.7. The van der Waals surface area contributed by atoms with Crippen molar-refractivity contribution in [2.24, 2.45) is 5.73 Å². The van der Waals surface area contributed by atoms with Gasteiger partial charge in [0.15, 0.2) is 6.61 Å². The Balaban J connectivity index is 1.48. The molecular weight excluding hydrogens is 266 g/mol. The van der Waals surface area contributed by atoms with Crippen LogP contribution in [0.15, 0.2) is 24.3 Å². The third-order valence-electron chi connectivity index (χ3n) is 4.27. The number of hydrogen-bond acceptors (Lipinski definition) is 4. The fraction of sp³-hybridized carbons (Fsp3) is 0.562. The molecule has 0 unspecified atom stereocenters. The number of carbonyl (C=O) groups excluding carboxylic acids is 1. The third kappa shape index (κ3) is 3.54. The van der Waals surface area contributed by atoms with Gasteiger partial charge in [0.2, 0.25) is 0 Å². The summed E-state index contributed by atoms with van der Waals surface area (Å²) in [5.41, 5.74) is 6.60. The van der Waals surface area contributed by atoms with Crippen molar-refractivity contribution in [2.45, 2.75) is 25.4 Å². The Hall–Kier alpha value is -1.59. The van der Waals surface area contributed by atoms with Gasteiger partial charge in [-0.25, -0.2) is 0 Å². The Morgan fingerprint density at radius 3 is 2.57 bits per heavy atom. The van der Waals surface area contributed by atoms with Gasteiger partial charge in [-0.15, -0.1) is 0 Å². The summed E-state index contributed by atoms with van der Waals surface area (Å²) in [6.45, 7) is 4.14. The second-order valence-electron chi connectivity index (χ2n) is 5.75. The SMILES string of the molecule is NCc1ccccc1OCC(=O)N1CCN(C2CC2)CC1. The van der Waals surface area contributed by atoms with Crippen LogP contribution in [0, 0.1) is 0 Å². The number of hydrogen-bond donors (Lipinski definition) is 1. The molecule has 2 N–H and O–H groups in total. The predicted octanol–water partition coefficient (Wildman–Crippen LogP) is 0.831. The van der Waals surface area contributed by atoms with Crippen molar-refractivity contribution in [1.82, 2.24) is 9.80 Å². The minimum atomic E-state index is 0.0669. The van der Waals surface area contributed by atoms with Crippen molar-refractivity contribution >= 4 is 5.91 Å². The molecule has 1 aliphatic heterocycles. The standard InChI is InChI=1S/C16H23N3O2/c17-11-13-3-1-2-4-15(13)21-12-16(20)19-9-7-18(8-10-19)14-5-6-14/h1-4,14H,5-12,17H2. The van der Waals surface area contributed by atoms with Crippen LogP contribution < -0.4 is 10.5 Å². The van der Waals surface area contributed by atoms with Crippen molar-refractivity contribution in [3.05, 3.63) is 29.8 Å². The van der Waals surface area contributed by atoms with Gasteiger partial charge in [0, 0.05) is 44.3 Å². The molecule has 0 spiro atoms. The Morgan fingerprint density at radius 1 is 1.19 bits per heavy atom. The van der Waals surface area contributed by atoms with E-state index >= 15 is 0 Å². The molecule has 2 fully saturated rings. The molecule has 1 saturated heterocycles. The first-order valence-corrected chi connectivity index (χ1v) is 7.70. The quantitative estimate of drug-likeness (QED) is 0.872. The first-order chi connectivity index (χ1) is 10.3. The van der Waals surface area contributed by atoms with Gasteiger partial charge in [-0.2, -0.15) is 0 Å². The second-order valence-corrected chi connectivity index (χ2v) is 5.75. The number of benzene rings is 1. The van der Waals surface area contributed by atoms with Gasteiger partial charge in [0.25, 0.3) is 5.91 Å². The number of rotatable bonds is 5. The lowest BCUT2D eigenvalue weighted by molar-refractivity contribution is -0.135. The zero-order valence-electron chi connectivity index (χ0n) is 12.3. The molecule has 0 radical (unpaired) electrons. The number of amides is 1. The summed E-state index contributed by atoms with van der Waals surface area (Å²) in [6.07, 6.45) is 2.65. The number of nitrogens with two attached hydrogens (primary N) is 1. The molecule has 0 bridgehead atoms. The van der Waals surface area contributed by atoms with E-state index in [4.69, 9.17) is 10.5 Å². The molecule has 1 saturated carbocycles. The maximum atomic E-state index is 12.2. The van der Waals surface area contributed by atoms with Crippen molar-refractivity contribution in [2.75, 3.05) is 32.8 Å². The summed E-state index contributed by atoms with van der Waals surface area (Å²) in [6, 6.07) is 8.39. The van der Waals surface area contributed by atoms with Crippen LogP contribution in [0.25, 0.3) is 0 Å². The van der Waals surface area contributed by atoms with Gasteiger partial charge < -0.3 is 15.4 Å². The fourth-order valence-corrected chi connectivity index (χ4v) is 2.82. The smallest absolute Gasteiger partial charge is 0.260 e. The summed E-state index contributed by atoms with van der Waals surface area (Å²) in [5, 5.41) is 0. The molecule has 5 nitrogen and oxygen atoms in total. The number of ether oxygens (including phenoxy) is 1. The normalized spacial score (nSPS) is 19.6. The lowest BCUT2D eigenvalue weighted by atomic mass is 10.2. The Morgan fingerprint density at radius 2 is 1.90 bits per heavy atom. The van der Waals surface area contributed by atoms with E-state index < -0.39 is 0 Å². The molecule has 0 atom stereocenters. The topological polar surface area (TPSA) is 58.8 Å². The van der Waals surface area contributed by atoms with E-state index in [9.17, 15) is 4.79 Å². The zero-order valence-corrected chi connectivity index (χ0v) is 12.3. The highest BCUT2D eigenvalue weighted by Gasteiger charge is 2.32. The van der Waals surface area contributed by atoms with Crippen LogP contribution in [-0.4, -0.2) is 54.5 Å². The summed E-state index contributed by atoms with van der Waals surface area (Å²) in [7, 11) is 0. The Bertz CT molecular complexity index is 494. The maximum Gasteiger partial charge on any atom is 0.260 e. The first kappa shape index (κ1) is 14.4. The lowest BCUT2D eigenvalue weighted by Gasteiger charge is -2.34. The van der Waals surface area contributed by atoms with Crippen LogP contribution in [0.3, 0.4) is 0 Å². The molecule has 1 aliphatic carbocycles. The van der Waals surface area contributed by atoms with Crippen molar-refractivity contribution in [3.63, 3.8) is 0 Å². The van der Waals surface area contributed by atoms with E-state index in [-0.39, 0.29) is 12.5 Å². The fourth-order valence-electron chi connectivity index (χ4n) is 2.82. The highest BCUT2D eigenvalue weighted by atomic mass is 16.5. The maximum absolute atomic E-state index is 12.2. The molecule has 1 heterocycles. The van der Waals surface area contributed by atoms with Crippen LogP contribution in [-0.2, 0) is 11.3 Å². The molecule has 114 valence electrons. The number of carbonyl (C=O) groups is 1. The van der Waals surface area contributed by atoms with Gasteiger partial charge in [-0.05, 0) is 18.9 Å². The first-order valence-electron chi connectivity index (χ1n) is 7.70. The summed E-state index contributed by atoms with van der Waals surface area (Å²) in [4.78, 5) is 16.6. The summed E-state index contributed by atoms with van der Waals surface area (Å²) >= 11 is 0. The van der Waals surface area contributed by atoms with Gasteiger partial charge in [-0.3, -0.25) is 9.69 Å². The molecule has 1 aromatic rings. The average molecular weight is 289 g/mol. The Labute approximate surface area is 125 Å². The highest BCUT2D eigenvalue weighted by Crippen LogP contribution is 2.27. The van der Waals surface area contributed by atoms with Crippen molar-refractivity contribution < 1.29 is 9.53 Å². The monoisotopic (exact) mass is 289 g/mol. The van der Waals surface area contributed by atoms with E-state index in [2.05, 4.69) is 4.90 Å². The van der Waals surface area contributed by atoms with Crippen LogP contribution in [0.2, 0.25) is 0 Å². The largest absolute Gasteiger partial charge is 0.483 e. The molecule has 21 heavy (non-hydrogen) atoms. The van der Waals surface area contributed by atoms with Gasteiger partial charge in [0.05, 0.1) is 0 Å². The number of para-hydroxylation sites is 1. The third-order valence-corrected chi connectivity index (χ3v) is 4.27. The van der Waals surface area contributed by atoms with Gasteiger partial charge in [0.1, 0.15) is 5.75 Å². The minimum Gasteiger partial charge on any atom is -0.483 e. The molecule has 1 amide bonds. The van der Waals surface area contributed by atoms with Crippen LogP contribution >= 0.6 is 0 Å². The molecule has 2 aliphatic rings. The molecule has 5 heteroatoms. The lowest BCUT2D eigenvalue weighted by Crippen LogP contribution is -2.50. The summed E-state index contributed by atoms with van der Waals surface area (Å²) in [5.74, 6) is 0.780. The minimum absolute atomic E-state index is 0.0669. The van der Waals surface area contributed by atoms with E-state index in [0.717, 1.165) is 37.8 Å². The number of piperazine rings is 1. The molecule has 0 aromatic heterocycles. The van der Waals surface area contributed by atoms with E-state index in [1.165, 1.54) is 12.8 Å². The predicted molar refractivity (Wildman–Crippen MR) is 81.0 cm³/mol. The van der Waals surface area contributed by atoms with Gasteiger partial charge in [-0.1, -0.05) is 18.2 Å². The molecule has 3 rings (SSSR count). The number of nitrogens with zero attached hydrogens (tertiary/aromatic N) is 2. The molecule has 1 aromatic carbocycles. The Kier molecular flexibility index (Phi) is 4.41. The average Bonchev–Trinajstić information content (AvgIpc) is 3.38. The highest BCUT2D eigenvalue weighted by molar-refractivity contribution is 5.78. The van der Waals surface area contributed by atoms with Crippen molar-refractivity contribution in [1.29, 1.82) is 0 Å². The second kappa shape index (κ2) is 6.45.